The number of rotatable bonds is 23. The van der Waals surface area contributed by atoms with E-state index in [1.807, 2.05) is 106 Å². The molecule has 2 N–H and O–H groups in total. The maximum Gasteiger partial charge on any atom is 0.269 e. The van der Waals surface area contributed by atoms with E-state index < -0.39 is 23.0 Å². The lowest BCUT2D eigenvalue weighted by Gasteiger charge is -2.29. The molecule has 0 unspecified atom stereocenters. The lowest BCUT2D eigenvalue weighted by Crippen LogP contribution is -2.48. The number of nitrogens with one attached hydrogen (secondary N) is 1. The summed E-state index contributed by atoms with van der Waals surface area (Å²) in [4.78, 5) is 60.5. The number of ether oxygens (including phenoxy) is 4. The van der Waals surface area contributed by atoms with E-state index in [1.165, 1.54) is 17.0 Å². The summed E-state index contributed by atoms with van der Waals surface area (Å²) in [5.74, 6) is -0.611. The number of benzene rings is 4. The monoisotopic (exact) mass is 1010 g/mol. The van der Waals surface area contributed by atoms with E-state index in [9.17, 15) is 29.6 Å². The number of anilines is 1. The summed E-state index contributed by atoms with van der Waals surface area (Å²) in [6, 6.07) is 29.8. The molecule has 2 aliphatic heterocycles. The molecule has 4 atom stereocenters. The highest BCUT2D eigenvalue weighted by atomic mass is 32.1. The fourth-order valence-corrected chi connectivity index (χ4v) is 9.62. The number of hydrogen-bond acceptors (Lipinski definition) is 14. The summed E-state index contributed by atoms with van der Waals surface area (Å²) in [6.45, 7) is 9.80. The van der Waals surface area contributed by atoms with Crippen LogP contribution in [0.3, 0.4) is 0 Å². The Morgan fingerprint density at radius 1 is 0.932 bits per heavy atom. The highest BCUT2D eigenvalue weighted by molar-refractivity contribution is 7.13. The Bertz CT molecular complexity index is 2920. The summed E-state index contributed by atoms with van der Waals surface area (Å²) < 4.78 is 28.6. The van der Waals surface area contributed by atoms with Gasteiger partial charge in [-0.2, -0.15) is 0 Å². The number of allylic oxidation sites excluding steroid dienone is 2. The van der Waals surface area contributed by atoms with Gasteiger partial charge in [-0.1, -0.05) is 80.6 Å². The molecule has 0 aliphatic carbocycles. The molecule has 73 heavy (non-hydrogen) atoms. The average molecular weight is 1010 g/mol. The van der Waals surface area contributed by atoms with Crippen molar-refractivity contribution in [1.82, 2.24) is 20.4 Å². The Morgan fingerprint density at radius 2 is 1.63 bits per heavy atom. The Balaban J connectivity index is 0.721. The van der Waals surface area contributed by atoms with Gasteiger partial charge in [0.05, 0.1) is 71.8 Å². The Kier molecular flexibility index (Phi) is 17.2. The third kappa shape index (κ3) is 12.9. The van der Waals surface area contributed by atoms with E-state index in [2.05, 4.69) is 15.5 Å². The SMILES string of the molecule is Cc1ncsc1-c1ccc([C@H](C)NC(=O)[C@@H]2C[C@@H](O)CN2C(=O)[C@H](c2cc(OCCOCCOCCOc3ccc(CN4C(=O)/C(=C/C=C/c5ccc([N+](=O)[O-])cc5)c5ccccc54)cc3)no2)C(C)C)cc1. The number of carbonyl (C=O) groups is 3. The predicted octanol–water partition coefficient (Wildman–Crippen LogP) is 8.73. The van der Waals surface area contributed by atoms with Crippen LogP contribution in [0.5, 0.6) is 11.6 Å². The maximum absolute atomic E-state index is 14.1. The molecule has 8 rings (SSSR count). The lowest BCUT2D eigenvalue weighted by atomic mass is 9.91. The second-order valence-corrected chi connectivity index (χ2v) is 18.9. The fraction of sp³-hybridized carbons (Fsp3) is 0.327. The number of aliphatic hydroxyl groups is 1. The van der Waals surface area contributed by atoms with Crippen LogP contribution in [0.1, 0.15) is 72.9 Å². The number of carbonyl (C=O) groups excluding carboxylic acids is 3. The maximum atomic E-state index is 14.1. The molecule has 2 aromatic heterocycles. The molecular weight excluding hydrogens is 953 g/mol. The molecule has 0 bridgehead atoms. The van der Waals surface area contributed by atoms with Crippen molar-refractivity contribution in [3.8, 4) is 22.1 Å². The molecule has 0 spiro atoms. The van der Waals surface area contributed by atoms with Crippen molar-refractivity contribution in [2.24, 2.45) is 5.92 Å². The Labute approximate surface area is 427 Å². The lowest BCUT2D eigenvalue weighted by molar-refractivity contribution is -0.384. The third-order valence-electron chi connectivity index (χ3n) is 12.6. The number of aromatic nitrogens is 2. The van der Waals surface area contributed by atoms with Gasteiger partial charge in [0.15, 0.2) is 5.76 Å². The Hall–Kier alpha value is -7.51. The Morgan fingerprint density at radius 3 is 2.32 bits per heavy atom. The van der Waals surface area contributed by atoms with Crippen LogP contribution in [0.2, 0.25) is 0 Å². The van der Waals surface area contributed by atoms with Gasteiger partial charge in [0, 0.05) is 42.3 Å². The molecule has 17 nitrogen and oxygen atoms in total. The summed E-state index contributed by atoms with van der Waals surface area (Å²) in [5, 5.41) is 28.7. The van der Waals surface area contributed by atoms with Crippen molar-refractivity contribution < 1.29 is 47.9 Å². The zero-order valence-electron chi connectivity index (χ0n) is 41.0. The minimum absolute atomic E-state index is 0.0170. The molecule has 2 aliphatic rings. The molecule has 0 saturated carbocycles. The van der Waals surface area contributed by atoms with E-state index in [0.717, 1.165) is 44.1 Å². The van der Waals surface area contributed by atoms with E-state index in [0.29, 0.717) is 50.1 Å². The summed E-state index contributed by atoms with van der Waals surface area (Å²) in [7, 11) is 0. The number of hydrogen-bond donors (Lipinski definition) is 2. The number of aryl methyl sites for hydroxylation is 1. The van der Waals surface area contributed by atoms with Gasteiger partial charge in [0.1, 0.15) is 30.9 Å². The van der Waals surface area contributed by atoms with E-state index in [1.54, 1.807) is 52.7 Å². The van der Waals surface area contributed by atoms with Crippen molar-refractivity contribution >= 4 is 52.1 Å². The third-order valence-corrected chi connectivity index (χ3v) is 13.6. The van der Waals surface area contributed by atoms with Crippen LogP contribution in [0.4, 0.5) is 11.4 Å². The number of para-hydroxylation sites is 1. The van der Waals surface area contributed by atoms with Crippen LogP contribution >= 0.6 is 11.3 Å². The van der Waals surface area contributed by atoms with Crippen LogP contribution in [-0.2, 0) is 30.4 Å². The molecule has 1 saturated heterocycles. The van der Waals surface area contributed by atoms with Gasteiger partial charge in [0.2, 0.25) is 11.8 Å². The summed E-state index contributed by atoms with van der Waals surface area (Å²) in [6.07, 6.45) is 4.62. The molecule has 4 aromatic carbocycles. The van der Waals surface area contributed by atoms with E-state index in [-0.39, 0.29) is 67.4 Å². The van der Waals surface area contributed by atoms with Gasteiger partial charge < -0.3 is 43.7 Å². The first-order valence-electron chi connectivity index (χ1n) is 24.1. The van der Waals surface area contributed by atoms with Crippen LogP contribution in [0.25, 0.3) is 22.1 Å². The van der Waals surface area contributed by atoms with Gasteiger partial charge in [0.25, 0.3) is 17.5 Å². The molecule has 3 amide bonds. The molecule has 1 fully saturated rings. The number of likely N-dealkylation sites (tertiary alicyclic amines) is 1. The number of aliphatic hydroxyl groups excluding tert-OH is 1. The molecule has 18 heteroatoms. The molecule has 380 valence electrons. The predicted molar refractivity (Wildman–Crippen MR) is 276 cm³/mol. The van der Waals surface area contributed by atoms with Crippen molar-refractivity contribution in [2.45, 2.75) is 64.8 Å². The quantitative estimate of drug-likeness (QED) is 0.0267. The highest BCUT2D eigenvalue weighted by Gasteiger charge is 2.43. The number of nitrogens with zero attached hydrogens (tertiary/aromatic N) is 5. The molecular formula is C55H58N6O11S. The minimum Gasteiger partial charge on any atom is -0.491 e. The summed E-state index contributed by atoms with van der Waals surface area (Å²) in [5.41, 5.74) is 8.69. The number of non-ortho nitro benzene ring substituents is 1. The van der Waals surface area contributed by atoms with E-state index >= 15 is 0 Å². The number of thiazole rings is 1. The van der Waals surface area contributed by atoms with Crippen LogP contribution in [0.15, 0.2) is 125 Å². The number of fused-ring (bicyclic) bond motifs is 1. The zero-order chi connectivity index (χ0) is 51.4. The van der Waals surface area contributed by atoms with Gasteiger partial charge in [-0.3, -0.25) is 24.5 Å². The van der Waals surface area contributed by atoms with Gasteiger partial charge in [-0.25, -0.2) is 4.98 Å². The van der Waals surface area contributed by atoms with Gasteiger partial charge in [-0.05, 0) is 83.6 Å². The van der Waals surface area contributed by atoms with Crippen LogP contribution < -0.4 is 19.7 Å². The zero-order valence-corrected chi connectivity index (χ0v) is 41.9. The van der Waals surface area contributed by atoms with Crippen molar-refractivity contribution in [1.29, 1.82) is 0 Å². The number of amides is 3. The number of nitro benzene ring substituents is 1. The molecule has 4 heterocycles. The highest BCUT2D eigenvalue weighted by Crippen LogP contribution is 2.38. The second kappa shape index (κ2) is 24.3. The topological polar surface area (TPSA) is 209 Å². The number of nitro groups is 1. The minimum atomic E-state index is -0.856. The van der Waals surface area contributed by atoms with Gasteiger partial charge in [-0.15, -0.1) is 11.3 Å². The van der Waals surface area contributed by atoms with Crippen LogP contribution in [-0.4, -0.2) is 101 Å². The van der Waals surface area contributed by atoms with Crippen molar-refractivity contribution in [3.05, 3.63) is 165 Å². The first-order chi connectivity index (χ1) is 35.3. The first-order valence-corrected chi connectivity index (χ1v) is 25.0. The molecule has 0 radical (unpaired) electrons. The number of β-amino-alcohol motifs (C(OH)–C–C–N with tert-alkyl or cyclic N) is 1. The van der Waals surface area contributed by atoms with E-state index in [4.69, 9.17) is 23.5 Å². The van der Waals surface area contributed by atoms with Gasteiger partial charge >= 0.3 is 0 Å². The van der Waals surface area contributed by atoms with Crippen molar-refractivity contribution in [3.63, 3.8) is 0 Å². The smallest absolute Gasteiger partial charge is 0.269 e. The average Bonchev–Trinajstić information content (AvgIpc) is 4.19. The summed E-state index contributed by atoms with van der Waals surface area (Å²) >= 11 is 1.58. The molecule has 6 aromatic rings. The second-order valence-electron chi connectivity index (χ2n) is 18.1. The fourth-order valence-electron chi connectivity index (χ4n) is 8.81. The first kappa shape index (κ1) is 51.8. The largest absolute Gasteiger partial charge is 0.491 e. The normalized spacial score (nSPS) is 16.8. The van der Waals surface area contributed by atoms with Crippen LogP contribution in [0, 0.1) is 23.0 Å². The standard InChI is InChI=1S/C55H58N6O11S/c1-35(2)51(55(65)60-33-43(62)30-48(60)53(63)57-36(3)40-16-18-41(19-17-40)52-37(4)56-34-73-52)49-31-50(58-72-49)71-29-27-69-25-24-68-26-28-70-44-22-14-39(15-23-44)32-59-47-11-6-5-9-45(47)46(54(59)64)10-7-8-38-12-20-42(21-13-38)61(66)67/h5-23,31,34-36,43,48,51,62H,24-30,32-33H2,1-4H3,(H,57,63)/b8-7+,46-10+/t36-,43+,48-,51-/m0/s1. The van der Waals surface area contributed by atoms with Crippen molar-refractivity contribution in [2.75, 3.05) is 51.1 Å².